The average Bonchev–Trinajstić information content (AvgIpc) is 3.35. The van der Waals surface area contributed by atoms with Crippen LogP contribution in [0.2, 0.25) is 0 Å². The van der Waals surface area contributed by atoms with Gasteiger partial charge in [0.2, 0.25) is 11.0 Å². The second kappa shape index (κ2) is 24.1. The molecule has 0 spiro atoms. The minimum atomic E-state index is -4.82. The van der Waals surface area contributed by atoms with Crippen molar-refractivity contribution >= 4 is 61.7 Å². The third-order valence-corrected chi connectivity index (χ3v) is 15.1. The Kier molecular flexibility index (Phi) is 17.3. The Morgan fingerprint density at radius 2 is 1.21 bits per heavy atom. The molecule has 0 fully saturated rings. The summed E-state index contributed by atoms with van der Waals surface area (Å²) in [4.78, 5) is 4.67. The number of rotatable bonds is 23. The summed E-state index contributed by atoms with van der Waals surface area (Å²) >= 11 is 3.78. The van der Waals surface area contributed by atoms with E-state index in [1.54, 1.807) is 18.2 Å². The van der Waals surface area contributed by atoms with E-state index in [1.807, 2.05) is 35.7 Å². The van der Waals surface area contributed by atoms with Gasteiger partial charge in [-0.2, -0.15) is 4.58 Å². The zero-order valence-electron chi connectivity index (χ0n) is 38.9. The van der Waals surface area contributed by atoms with E-state index in [1.165, 1.54) is 15.9 Å². The molecule has 0 atom stereocenters. The molecule has 0 bridgehead atoms. The molecule has 2 N–H and O–H groups in total. The first kappa shape index (κ1) is 48.8. The molecule has 2 aliphatic rings. The molecule has 8 rings (SSSR count). The Morgan fingerprint density at radius 3 is 1.88 bits per heavy atom. The largest absolute Gasteiger partial charge is 0.744 e. The SMILES string of the molecule is Cc1ccccc1N(CCCNCCCSc1ccccc1)c1ccc2c(-c3ccccc3S(=O)(=O)[O-])c3ccc(=[N+](CCCNCCCSc4ccccc4)c4ccccc4C)cc-3oc2c1. The fraction of sp³-hybridized carbons (Fsp3) is 0.246. The number of hydrogen-bond acceptors (Lipinski definition) is 9. The molecular weight excluding hydrogens is 901 g/mol. The zero-order chi connectivity index (χ0) is 47.1. The van der Waals surface area contributed by atoms with Crippen molar-refractivity contribution in [1.29, 1.82) is 0 Å². The van der Waals surface area contributed by atoms with Crippen molar-refractivity contribution in [2.24, 2.45) is 0 Å². The Balaban J connectivity index is 1.12. The first-order valence-corrected chi connectivity index (χ1v) is 26.9. The lowest BCUT2D eigenvalue weighted by atomic mass is 9.93. The molecule has 0 amide bonds. The molecule has 6 aromatic rings. The van der Waals surface area contributed by atoms with Crippen LogP contribution in [-0.4, -0.2) is 63.7 Å². The fourth-order valence-corrected chi connectivity index (χ4v) is 11.1. The number of hydrogen-bond donors (Lipinski definition) is 2. The summed E-state index contributed by atoms with van der Waals surface area (Å²) in [6.45, 7) is 9.42. The van der Waals surface area contributed by atoms with Crippen LogP contribution in [-0.2, 0) is 10.1 Å². The monoisotopic (exact) mass is 960 g/mol. The predicted octanol–water partition coefficient (Wildman–Crippen LogP) is 12.3. The number of nitrogens with zero attached hydrogens (tertiary/aromatic N) is 2. The Labute approximate surface area is 410 Å². The highest BCUT2D eigenvalue weighted by molar-refractivity contribution is 7.99. The standard InChI is InChI=1S/C57H60N4O4S3/c1-43-19-9-12-26-52(43)60(37-15-33-58-35-17-39-66-47-21-5-3-6-22-47)45-29-31-49-54(41-45)65-55-42-46(30-32-50(55)57(49)51-25-11-14-28-56(51)68(62,63)64)61(53-27-13-10-20-44(53)2)38-16-34-59-36-18-40-67-48-23-7-4-8-24-48/h3-14,19-32,41-42,58-59H,15-18,33-40H2,1-2H3. The summed E-state index contributed by atoms with van der Waals surface area (Å²) in [5, 5.41) is 8.98. The van der Waals surface area contributed by atoms with E-state index in [9.17, 15) is 13.0 Å². The van der Waals surface area contributed by atoms with Crippen molar-refractivity contribution in [3.8, 4) is 22.5 Å². The highest BCUT2D eigenvalue weighted by Crippen LogP contribution is 2.43. The van der Waals surface area contributed by atoms with Crippen LogP contribution < -0.4 is 25.5 Å². The number of thioether (sulfide) groups is 2. The third kappa shape index (κ3) is 12.7. The minimum absolute atomic E-state index is 0.262. The highest BCUT2D eigenvalue weighted by atomic mass is 32.2. The van der Waals surface area contributed by atoms with Crippen molar-refractivity contribution < 1.29 is 17.4 Å². The molecule has 1 aliphatic heterocycles. The van der Waals surface area contributed by atoms with Gasteiger partial charge in [-0.05, 0) is 124 Å². The maximum atomic E-state index is 12.9. The number of aryl methyl sites for hydroxylation is 2. The molecule has 1 heterocycles. The van der Waals surface area contributed by atoms with Gasteiger partial charge in [-0.3, -0.25) is 0 Å². The van der Waals surface area contributed by atoms with Gasteiger partial charge < -0.3 is 24.5 Å². The van der Waals surface area contributed by atoms with Crippen LogP contribution in [0.25, 0.3) is 33.4 Å². The second-order valence-electron chi connectivity index (χ2n) is 16.9. The van der Waals surface area contributed by atoms with Crippen LogP contribution in [0.15, 0.2) is 189 Å². The molecule has 6 aromatic carbocycles. The van der Waals surface area contributed by atoms with Crippen LogP contribution in [0, 0.1) is 13.8 Å². The molecule has 0 radical (unpaired) electrons. The Hall–Kier alpha value is -5.66. The van der Waals surface area contributed by atoms with Crippen molar-refractivity contribution in [2.45, 2.75) is 54.2 Å². The molecule has 0 unspecified atom stereocenters. The van der Waals surface area contributed by atoms with E-state index in [0.717, 1.165) is 110 Å². The highest BCUT2D eigenvalue weighted by Gasteiger charge is 2.24. The maximum absolute atomic E-state index is 12.9. The van der Waals surface area contributed by atoms with E-state index in [-0.39, 0.29) is 4.90 Å². The van der Waals surface area contributed by atoms with E-state index in [2.05, 4.69) is 167 Å². The van der Waals surface area contributed by atoms with Crippen molar-refractivity contribution in [1.82, 2.24) is 15.2 Å². The summed E-state index contributed by atoms with van der Waals surface area (Å²) in [6, 6.07) is 56.7. The topological polar surface area (TPSA) is 101 Å². The summed E-state index contributed by atoms with van der Waals surface area (Å²) < 4.78 is 47.9. The van der Waals surface area contributed by atoms with Gasteiger partial charge in [0.1, 0.15) is 21.5 Å². The maximum Gasteiger partial charge on any atom is 0.209 e. The molecule has 0 aromatic heterocycles. The zero-order valence-corrected chi connectivity index (χ0v) is 41.4. The molecule has 68 heavy (non-hydrogen) atoms. The molecular formula is C57H60N4O4S3. The van der Waals surface area contributed by atoms with E-state index in [0.29, 0.717) is 33.4 Å². The van der Waals surface area contributed by atoms with E-state index >= 15 is 0 Å². The number of anilines is 2. The summed E-state index contributed by atoms with van der Waals surface area (Å²) in [7, 11) is -4.82. The number of nitrogens with one attached hydrogen (secondary N) is 2. The molecule has 0 saturated heterocycles. The van der Waals surface area contributed by atoms with Gasteiger partial charge in [-0.15, -0.1) is 23.5 Å². The first-order chi connectivity index (χ1) is 33.2. The van der Waals surface area contributed by atoms with Gasteiger partial charge in [-0.1, -0.05) is 91.0 Å². The molecule has 0 saturated carbocycles. The lowest BCUT2D eigenvalue weighted by Gasteiger charge is -2.27. The normalized spacial score (nSPS) is 12.2. The van der Waals surface area contributed by atoms with Crippen LogP contribution >= 0.6 is 23.5 Å². The van der Waals surface area contributed by atoms with Crippen LogP contribution in [0.1, 0.15) is 36.8 Å². The van der Waals surface area contributed by atoms with Gasteiger partial charge >= 0.3 is 0 Å². The van der Waals surface area contributed by atoms with Gasteiger partial charge in [0.05, 0.1) is 11.0 Å². The van der Waals surface area contributed by atoms with E-state index in [4.69, 9.17) is 4.42 Å². The number of para-hydroxylation sites is 2. The second-order valence-corrected chi connectivity index (χ2v) is 20.6. The molecule has 350 valence electrons. The van der Waals surface area contributed by atoms with E-state index < -0.39 is 10.1 Å². The lowest BCUT2D eigenvalue weighted by Crippen LogP contribution is -2.29. The third-order valence-electron chi connectivity index (χ3n) is 12.0. The minimum Gasteiger partial charge on any atom is -0.744 e. The lowest BCUT2D eigenvalue weighted by molar-refractivity contribution is 0.463. The van der Waals surface area contributed by atoms with Gasteiger partial charge in [0, 0.05) is 86.5 Å². The summed E-state index contributed by atoms with van der Waals surface area (Å²) in [5.41, 5.74) is 7.76. The summed E-state index contributed by atoms with van der Waals surface area (Å²) in [5.74, 6) is 2.71. The van der Waals surface area contributed by atoms with Crippen molar-refractivity contribution in [3.05, 3.63) is 186 Å². The van der Waals surface area contributed by atoms with Gasteiger partial charge in [0.25, 0.3) is 0 Å². The molecule has 8 nitrogen and oxygen atoms in total. The van der Waals surface area contributed by atoms with Crippen LogP contribution in [0.5, 0.6) is 0 Å². The smallest absolute Gasteiger partial charge is 0.209 e. The quantitative estimate of drug-likeness (QED) is 0.0213. The number of fused-ring (bicyclic) bond motifs is 2. The van der Waals surface area contributed by atoms with Crippen molar-refractivity contribution in [2.75, 3.05) is 55.7 Å². The molecule has 1 aliphatic carbocycles. The van der Waals surface area contributed by atoms with Crippen LogP contribution in [0.3, 0.4) is 0 Å². The number of benzene rings is 7. The Bertz CT molecular complexity index is 3050. The fourth-order valence-electron chi connectivity index (χ4n) is 8.68. The van der Waals surface area contributed by atoms with Crippen LogP contribution in [0.4, 0.5) is 17.1 Å². The molecule has 11 heteroatoms. The average molecular weight is 961 g/mol. The van der Waals surface area contributed by atoms with Crippen molar-refractivity contribution in [3.63, 3.8) is 0 Å². The summed E-state index contributed by atoms with van der Waals surface area (Å²) in [6.07, 6.45) is 3.98. The predicted molar refractivity (Wildman–Crippen MR) is 284 cm³/mol. The van der Waals surface area contributed by atoms with Gasteiger partial charge in [-0.25, -0.2) is 8.42 Å². The van der Waals surface area contributed by atoms with Gasteiger partial charge in [0.15, 0.2) is 6.54 Å². The Morgan fingerprint density at radius 1 is 0.603 bits per heavy atom. The first-order valence-electron chi connectivity index (χ1n) is 23.6.